The second kappa shape index (κ2) is 5.56. The first kappa shape index (κ1) is 13.8. The van der Waals surface area contributed by atoms with E-state index in [1.54, 1.807) is 0 Å². The van der Waals surface area contributed by atoms with Gasteiger partial charge in [0.15, 0.2) is 11.6 Å². The Morgan fingerprint density at radius 3 is 2.45 bits per heavy atom. The molecule has 6 heteroatoms. The Kier molecular flexibility index (Phi) is 3.84. The van der Waals surface area contributed by atoms with Gasteiger partial charge in [-0.15, -0.1) is 0 Å². The summed E-state index contributed by atoms with van der Waals surface area (Å²) in [6.45, 7) is 0.139. The maximum Gasteiger partial charge on any atom is 0.335 e. The topological polar surface area (TPSA) is 69.6 Å². The molecule has 0 atom stereocenters. The molecule has 4 nitrogen and oxygen atoms in total. The van der Waals surface area contributed by atoms with Gasteiger partial charge in [-0.25, -0.2) is 13.6 Å². The lowest BCUT2D eigenvalue weighted by atomic mass is 10.1. The molecule has 0 aliphatic carbocycles. The number of aromatic carboxylic acids is 1. The molecule has 0 unspecified atom stereocenters. The number of aromatic hydroxyl groups is 1. The highest BCUT2D eigenvalue weighted by Crippen LogP contribution is 2.19. The Morgan fingerprint density at radius 1 is 1.10 bits per heavy atom. The summed E-state index contributed by atoms with van der Waals surface area (Å²) in [6.07, 6.45) is 0. The zero-order valence-electron chi connectivity index (χ0n) is 10.2. The van der Waals surface area contributed by atoms with E-state index in [4.69, 9.17) is 10.2 Å². The highest BCUT2D eigenvalue weighted by Gasteiger charge is 2.08. The zero-order valence-corrected chi connectivity index (χ0v) is 10.2. The minimum absolute atomic E-state index is 0.114. The first-order valence-corrected chi connectivity index (χ1v) is 5.71. The molecule has 0 heterocycles. The lowest BCUT2D eigenvalue weighted by molar-refractivity contribution is 0.0696. The fraction of sp³-hybridized carbons (Fsp3) is 0.0714. The molecular weight excluding hydrogens is 268 g/mol. The second-order valence-electron chi connectivity index (χ2n) is 4.14. The number of benzene rings is 2. The molecule has 0 fully saturated rings. The van der Waals surface area contributed by atoms with Crippen LogP contribution in [0.1, 0.15) is 15.9 Å². The van der Waals surface area contributed by atoms with Crippen molar-refractivity contribution < 1.29 is 23.8 Å². The van der Waals surface area contributed by atoms with Gasteiger partial charge in [0.05, 0.1) is 11.3 Å². The smallest absolute Gasteiger partial charge is 0.335 e. The van der Waals surface area contributed by atoms with E-state index in [-0.39, 0.29) is 17.8 Å². The van der Waals surface area contributed by atoms with Crippen LogP contribution >= 0.6 is 0 Å². The van der Waals surface area contributed by atoms with Crippen LogP contribution in [-0.2, 0) is 6.54 Å². The predicted octanol–water partition coefficient (Wildman–Crippen LogP) is 2.98. The van der Waals surface area contributed by atoms with Crippen molar-refractivity contribution in [1.82, 2.24) is 0 Å². The van der Waals surface area contributed by atoms with E-state index in [0.29, 0.717) is 5.56 Å². The van der Waals surface area contributed by atoms with Gasteiger partial charge in [-0.05, 0) is 35.9 Å². The molecule has 0 saturated carbocycles. The van der Waals surface area contributed by atoms with Crippen molar-refractivity contribution in [2.75, 3.05) is 5.32 Å². The number of hydrogen-bond acceptors (Lipinski definition) is 3. The van der Waals surface area contributed by atoms with E-state index in [9.17, 15) is 13.6 Å². The Hall–Kier alpha value is -2.63. The van der Waals surface area contributed by atoms with Crippen molar-refractivity contribution in [2.45, 2.75) is 6.54 Å². The van der Waals surface area contributed by atoms with Crippen LogP contribution in [0.4, 0.5) is 14.5 Å². The van der Waals surface area contributed by atoms with Crippen molar-refractivity contribution in [2.24, 2.45) is 0 Å². The number of phenolic OH excluding ortho intramolecular Hbond substituents is 1. The first-order chi connectivity index (χ1) is 9.47. The minimum atomic E-state index is -1.21. The summed E-state index contributed by atoms with van der Waals surface area (Å²) in [5.74, 6) is -3.13. The van der Waals surface area contributed by atoms with Crippen molar-refractivity contribution in [3.05, 3.63) is 59.2 Å². The van der Waals surface area contributed by atoms with E-state index < -0.39 is 23.4 Å². The molecule has 20 heavy (non-hydrogen) atoms. The summed E-state index contributed by atoms with van der Waals surface area (Å²) in [7, 11) is 0. The number of rotatable bonds is 4. The van der Waals surface area contributed by atoms with Crippen LogP contribution in [0.3, 0.4) is 0 Å². The van der Waals surface area contributed by atoms with Gasteiger partial charge in [-0.1, -0.05) is 6.07 Å². The van der Waals surface area contributed by atoms with E-state index in [0.717, 1.165) is 12.1 Å². The van der Waals surface area contributed by atoms with Crippen LogP contribution in [-0.4, -0.2) is 16.2 Å². The summed E-state index contributed by atoms with van der Waals surface area (Å²) in [6, 6.07) is 7.31. The molecule has 104 valence electrons. The molecule has 2 aromatic rings. The minimum Gasteiger partial charge on any atom is -0.505 e. The predicted molar refractivity (Wildman–Crippen MR) is 68.8 cm³/mol. The maximum absolute atomic E-state index is 13.6. The Balaban J connectivity index is 2.10. The van der Waals surface area contributed by atoms with Crippen molar-refractivity contribution in [3.63, 3.8) is 0 Å². The first-order valence-electron chi connectivity index (χ1n) is 5.71. The van der Waals surface area contributed by atoms with Gasteiger partial charge < -0.3 is 15.5 Å². The highest BCUT2D eigenvalue weighted by atomic mass is 19.1. The summed E-state index contributed by atoms with van der Waals surface area (Å²) in [5, 5.41) is 20.5. The van der Waals surface area contributed by atoms with Gasteiger partial charge in [-0.3, -0.25) is 0 Å². The fourth-order valence-corrected chi connectivity index (χ4v) is 1.65. The molecule has 0 spiro atoms. The number of nitrogens with one attached hydrogen (secondary N) is 1. The van der Waals surface area contributed by atoms with Crippen LogP contribution in [0.5, 0.6) is 5.75 Å². The van der Waals surface area contributed by atoms with Gasteiger partial charge in [0.1, 0.15) is 5.82 Å². The van der Waals surface area contributed by atoms with Gasteiger partial charge in [0.25, 0.3) is 0 Å². The zero-order chi connectivity index (χ0) is 14.7. The largest absolute Gasteiger partial charge is 0.505 e. The number of carboxylic acids is 1. The van der Waals surface area contributed by atoms with Crippen LogP contribution < -0.4 is 5.32 Å². The van der Waals surface area contributed by atoms with Crippen molar-refractivity contribution in [1.29, 1.82) is 0 Å². The quantitative estimate of drug-likeness (QED) is 0.804. The molecule has 2 aromatic carbocycles. The fourth-order valence-electron chi connectivity index (χ4n) is 1.65. The third-order valence-electron chi connectivity index (χ3n) is 2.71. The number of carbonyl (C=O) groups is 1. The van der Waals surface area contributed by atoms with Crippen LogP contribution in [0.15, 0.2) is 36.4 Å². The number of hydrogen-bond donors (Lipinski definition) is 3. The maximum atomic E-state index is 13.6. The van der Waals surface area contributed by atoms with E-state index >= 15 is 0 Å². The van der Waals surface area contributed by atoms with Gasteiger partial charge >= 0.3 is 5.97 Å². The van der Waals surface area contributed by atoms with Gasteiger partial charge in [-0.2, -0.15) is 0 Å². The lowest BCUT2D eigenvalue weighted by Gasteiger charge is -2.08. The summed E-state index contributed by atoms with van der Waals surface area (Å²) >= 11 is 0. The average Bonchev–Trinajstić information content (AvgIpc) is 2.41. The molecule has 0 aromatic heterocycles. The Bertz CT molecular complexity index is 659. The third-order valence-corrected chi connectivity index (χ3v) is 2.71. The number of halogens is 2. The van der Waals surface area contributed by atoms with Gasteiger partial charge in [0.2, 0.25) is 0 Å². The molecule has 0 aliphatic rings. The highest BCUT2D eigenvalue weighted by molar-refractivity contribution is 5.88. The average molecular weight is 279 g/mol. The van der Waals surface area contributed by atoms with E-state index in [1.165, 1.54) is 24.3 Å². The lowest BCUT2D eigenvalue weighted by Crippen LogP contribution is -2.04. The summed E-state index contributed by atoms with van der Waals surface area (Å²) < 4.78 is 26.7. The monoisotopic (exact) mass is 279 g/mol. The standard InChI is InChI=1S/C14H11F2NO3/c15-10-6-9(14(19)20)2-3-12(10)17-7-8-1-4-13(18)11(16)5-8/h1-6,17-18H,7H2,(H,19,20). The molecule has 3 N–H and O–H groups in total. The SMILES string of the molecule is O=C(O)c1ccc(NCc2ccc(O)c(F)c2)c(F)c1. The molecule has 0 aliphatic heterocycles. The Labute approximate surface area is 113 Å². The molecule has 2 rings (SSSR count). The number of anilines is 1. The van der Waals surface area contributed by atoms with Crippen LogP contribution in [0, 0.1) is 11.6 Å². The molecular formula is C14H11F2NO3. The number of phenols is 1. The molecule has 0 bridgehead atoms. The van der Waals surface area contributed by atoms with E-state index in [2.05, 4.69) is 5.32 Å². The molecule has 0 saturated heterocycles. The second-order valence-corrected chi connectivity index (χ2v) is 4.14. The van der Waals surface area contributed by atoms with Crippen LogP contribution in [0.25, 0.3) is 0 Å². The Morgan fingerprint density at radius 2 is 1.85 bits per heavy atom. The number of carboxylic acid groups (broad SMARTS) is 1. The van der Waals surface area contributed by atoms with Crippen LogP contribution in [0.2, 0.25) is 0 Å². The van der Waals surface area contributed by atoms with E-state index in [1.807, 2.05) is 0 Å². The molecule has 0 radical (unpaired) electrons. The van der Waals surface area contributed by atoms with Gasteiger partial charge in [0, 0.05) is 6.54 Å². The normalized spacial score (nSPS) is 10.3. The van der Waals surface area contributed by atoms with Crippen molar-refractivity contribution in [3.8, 4) is 5.75 Å². The summed E-state index contributed by atoms with van der Waals surface area (Å²) in [5.41, 5.74) is 0.481. The molecule has 0 amide bonds. The third kappa shape index (κ3) is 3.03. The van der Waals surface area contributed by atoms with Crippen molar-refractivity contribution >= 4 is 11.7 Å². The summed E-state index contributed by atoms with van der Waals surface area (Å²) in [4.78, 5) is 10.7.